The van der Waals surface area contributed by atoms with Crippen molar-refractivity contribution >= 4 is 11.6 Å². The Morgan fingerprint density at radius 3 is 2.50 bits per heavy atom. The van der Waals surface area contributed by atoms with E-state index >= 15 is 0 Å². The summed E-state index contributed by atoms with van der Waals surface area (Å²) in [5.41, 5.74) is 4.93. The highest BCUT2D eigenvalue weighted by atomic mass is 35.5. The summed E-state index contributed by atoms with van der Waals surface area (Å²) < 4.78 is 1.44. The number of hydrogen-bond donors (Lipinski definition) is 0. The van der Waals surface area contributed by atoms with Gasteiger partial charge in [-0.05, 0) is 48.2 Å². The summed E-state index contributed by atoms with van der Waals surface area (Å²) in [6.45, 7) is 0. The lowest BCUT2D eigenvalue weighted by Crippen LogP contribution is -2.24. The molecule has 0 amide bonds. The van der Waals surface area contributed by atoms with Crippen molar-refractivity contribution < 1.29 is 0 Å². The van der Waals surface area contributed by atoms with Gasteiger partial charge in [0.05, 0.1) is 11.4 Å². The fourth-order valence-corrected chi connectivity index (χ4v) is 3.04. The molecule has 0 bridgehead atoms. The molecule has 3 nitrogen and oxygen atoms in total. The summed E-state index contributed by atoms with van der Waals surface area (Å²) >= 11 is 5.91. The quantitative estimate of drug-likeness (QED) is 0.688. The van der Waals surface area contributed by atoms with Gasteiger partial charge in [-0.1, -0.05) is 35.9 Å². The molecule has 2 aromatic carbocycles. The standard InChI is InChI=1S/C18H13ClN2O/c19-14-7-9-15(10-8-14)21-17(22)11-13-6-5-12-3-1-2-4-16(12)18(13)20-21/h1-4,7-11H,5-6H2. The largest absolute Gasteiger partial charge is 0.271 e. The van der Waals surface area contributed by atoms with Crippen LogP contribution in [0.5, 0.6) is 0 Å². The summed E-state index contributed by atoms with van der Waals surface area (Å²) in [4.78, 5) is 12.4. The number of nitrogens with zero attached hydrogens (tertiary/aromatic N) is 2. The van der Waals surface area contributed by atoms with Crippen LogP contribution in [0, 0.1) is 0 Å². The Balaban J connectivity index is 1.94. The van der Waals surface area contributed by atoms with Crippen molar-refractivity contribution in [3.63, 3.8) is 0 Å². The maximum atomic E-state index is 12.4. The van der Waals surface area contributed by atoms with E-state index in [1.54, 1.807) is 30.3 Å². The Kier molecular flexibility index (Phi) is 3.09. The van der Waals surface area contributed by atoms with Gasteiger partial charge in [-0.25, -0.2) is 0 Å². The number of aryl methyl sites for hydroxylation is 2. The number of aromatic nitrogens is 2. The molecule has 0 saturated heterocycles. The highest BCUT2D eigenvalue weighted by molar-refractivity contribution is 6.30. The van der Waals surface area contributed by atoms with Crippen molar-refractivity contribution in [1.29, 1.82) is 0 Å². The van der Waals surface area contributed by atoms with Crippen LogP contribution < -0.4 is 5.56 Å². The Morgan fingerprint density at radius 2 is 1.68 bits per heavy atom. The molecule has 108 valence electrons. The fourth-order valence-electron chi connectivity index (χ4n) is 2.92. The van der Waals surface area contributed by atoms with Gasteiger partial charge in [-0.2, -0.15) is 9.78 Å². The first-order valence-electron chi connectivity index (χ1n) is 7.20. The van der Waals surface area contributed by atoms with E-state index in [9.17, 15) is 4.79 Å². The van der Waals surface area contributed by atoms with Gasteiger partial charge >= 0.3 is 0 Å². The monoisotopic (exact) mass is 308 g/mol. The molecule has 4 rings (SSSR count). The lowest BCUT2D eigenvalue weighted by Gasteiger charge is -2.19. The van der Waals surface area contributed by atoms with Crippen LogP contribution in [-0.4, -0.2) is 9.78 Å². The van der Waals surface area contributed by atoms with Crippen LogP contribution >= 0.6 is 11.6 Å². The first-order valence-corrected chi connectivity index (χ1v) is 7.58. The van der Waals surface area contributed by atoms with E-state index < -0.39 is 0 Å². The second-order valence-electron chi connectivity index (χ2n) is 5.40. The highest BCUT2D eigenvalue weighted by Gasteiger charge is 2.19. The van der Waals surface area contributed by atoms with Crippen molar-refractivity contribution in [2.24, 2.45) is 0 Å². The first-order chi connectivity index (χ1) is 10.7. The Bertz CT molecular complexity index is 913. The van der Waals surface area contributed by atoms with Crippen molar-refractivity contribution in [2.45, 2.75) is 12.8 Å². The lowest BCUT2D eigenvalue weighted by atomic mass is 9.89. The van der Waals surface area contributed by atoms with Crippen molar-refractivity contribution in [1.82, 2.24) is 9.78 Å². The predicted octanol–water partition coefficient (Wildman–Crippen LogP) is 3.65. The molecular weight excluding hydrogens is 296 g/mol. The zero-order valence-electron chi connectivity index (χ0n) is 11.8. The van der Waals surface area contributed by atoms with E-state index in [0.717, 1.165) is 35.3 Å². The van der Waals surface area contributed by atoms with Crippen LogP contribution in [0.3, 0.4) is 0 Å². The van der Waals surface area contributed by atoms with E-state index in [0.29, 0.717) is 5.02 Å². The molecule has 1 heterocycles. The molecule has 0 N–H and O–H groups in total. The summed E-state index contributed by atoms with van der Waals surface area (Å²) in [6, 6.07) is 17.1. The molecule has 0 radical (unpaired) electrons. The predicted molar refractivity (Wildman–Crippen MR) is 87.7 cm³/mol. The first kappa shape index (κ1) is 13.3. The van der Waals surface area contributed by atoms with Gasteiger partial charge in [0.2, 0.25) is 0 Å². The molecule has 0 aliphatic heterocycles. The van der Waals surface area contributed by atoms with Gasteiger partial charge in [0.15, 0.2) is 0 Å². The molecule has 0 saturated carbocycles. The highest BCUT2D eigenvalue weighted by Crippen LogP contribution is 2.30. The third-order valence-corrected chi connectivity index (χ3v) is 4.27. The number of hydrogen-bond acceptors (Lipinski definition) is 2. The molecule has 1 aliphatic rings. The summed E-state index contributed by atoms with van der Waals surface area (Å²) in [6.07, 6.45) is 1.81. The molecule has 0 atom stereocenters. The Labute approximate surface area is 132 Å². The minimum absolute atomic E-state index is 0.111. The molecule has 0 fully saturated rings. The molecule has 0 spiro atoms. The normalized spacial score (nSPS) is 12.6. The number of benzene rings is 2. The van der Waals surface area contributed by atoms with Crippen LogP contribution in [0.1, 0.15) is 11.1 Å². The topological polar surface area (TPSA) is 34.9 Å². The van der Waals surface area contributed by atoms with Crippen molar-refractivity contribution in [3.8, 4) is 16.9 Å². The van der Waals surface area contributed by atoms with Gasteiger partial charge in [0.1, 0.15) is 0 Å². The van der Waals surface area contributed by atoms with Crippen LogP contribution in [0.15, 0.2) is 59.4 Å². The van der Waals surface area contributed by atoms with E-state index in [1.165, 1.54) is 10.2 Å². The van der Waals surface area contributed by atoms with E-state index in [2.05, 4.69) is 17.2 Å². The molecule has 22 heavy (non-hydrogen) atoms. The number of rotatable bonds is 1. The Hall–Kier alpha value is -2.39. The van der Waals surface area contributed by atoms with Gasteiger partial charge in [-0.3, -0.25) is 4.79 Å². The summed E-state index contributed by atoms with van der Waals surface area (Å²) in [5, 5.41) is 5.25. The SMILES string of the molecule is O=c1cc2c(nn1-c1ccc(Cl)cc1)-c1ccccc1CC2. The molecule has 4 heteroatoms. The summed E-state index contributed by atoms with van der Waals surface area (Å²) in [7, 11) is 0. The summed E-state index contributed by atoms with van der Waals surface area (Å²) in [5.74, 6) is 0. The third kappa shape index (κ3) is 2.14. The third-order valence-electron chi connectivity index (χ3n) is 4.02. The van der Waals surface area contributed by atoms with E-state index in [1.807, 2.05) is 12.1 Å². The number of fused-ring (bicyclic) bond motifs is 3. The van der Waals surface area contributed by atoms with Crippen LogP contribution in [0.2, 0.25) is 5.02 Å². The average Bonchev–Trinajstić information content (AvgIpc) is 2.55. The maximum Gasteiger partial charge on any atom is 0.271 e. The smallest absolute Gasteiger partial charge is 0.267 e. The molecular formula is C18H13ClN2O. The molecule has 3 aromatic rings. The zero-order valence-corrected chi connectivity index (χ0v) is 12.5. The minimum atomic E-state index is -0.111. The second kappa shape index (κ2) is 5.11. The number of halogens is 1. The molecule has 1 aromatic heterocycles. The van der Waals surface area contributed by atoms with Gasteiger partial charge in [0.25, 0.3) is 5.56 Å². The van der Waals surface area contributed by atoms with Crippen LogP contribution in [0.4, 0.5) is 0 Å². The van der Waals surface area contributed by atoms with Crippen molar-refractivity contribution in [3.05, 3.63) is 81.1 Å². The van der Waals surface area contributed by atoms with Crippen LogP contribution in [0.25, 0.3) is 16.9 Å². The zero-order chi connectivity index (χ0) is 15.1. The van der Waals surface area contributed by atoms with Crippen LogP contribution in [-0.2, 0) is 12.8 Å². The fraction of sp³-hybridized carbons (Fsp3) is 0.111. The Morgan fingerprint density at radius 1 is 0.955 bits per heavy atom. The van der Waals surface area contributed by atoms with E-state index in [4.69, 9.17) is 11.6 Å². The lowest BCUT2D eigenvalue weighted by molar-refractivity contribution is 0.783. The maximum absolute atomic E-state index is 12.4. The average molecular weight is 309 g/mol. The van der Waals surface area contributed by atoms with E-state index in [-0.39, 0.29) is 5.56 Å². The minimum Gasteiger partial charge on any atom is -0.267 e. The second-order valence-corrected chi connectivity index (χ2v) is 5.84. The van der Waals surface area contributed by atoms with Gasteiger partial charge in [-0.15, -0.1) is 0 Å². The molecule has 0 unspecified atom stereocenters. The van der Waals surface area contributed by atoms with Crippen molar-refractivity contribution in [2.75, 3.05) is 0 Å². The molecule has 1 aliphatic carbocycles. The van der Waals surface area contributed by atoms with Gasteiger partial charge in [0, 0.05) is 16.7 Å². The van der Waals surface area contributed by atoms with Gasteiger partial charge < -0.3 is 0 Å².